The number of allylic oxidation sites excluding steroid dienone is 21. The third kappa shape index (κ3) is 8.02. The predicted octanol–water partition coefficient (Wildman–Crippen LogP) is 16.7. The first-order chi connectivity index (χ1) is 33.3. The van der Waals surface area contributed by atoms with Crippen molar-refractivity contribution in [2.45, 2.75) is 31.1 Å². The average molecular weight is 861 g/mol. The molecule has 0 N–H and O–H groups in total. The standard InChI is InChI=1S/C65H52N2/c1-2-12-28-55(27-11-1)67(59-44-38-52(39-45-59)50-23-9-4-10-24-50)58-32-20-26-53(40-46-58)65(63-35-16-6-15-33-61(63)62-34-17-18-36-64(62)65)54-41-47-60(48-42-54)66(56-29-13-5-14-30-56)57-31-19-25-51(37-43-57)49-21-7-3-8-22-49/h1,3-14,16-24,27-48H,2,15,25-26H2. The Morgan fingerprint density at radius 1 is 0.388 bits per heavy atom. The van der Waals surface area contributed by atoms with E-state index in [0.717, 1.165) is 59.8 Å². The number of hydrogen-bond donors (Lipinski definition) is 0. The first-order valence-corrected chi connectivity index (χ1v) is 23.6. The van der Waals surface area contributed by atoms with Crippen LogP contribution in [0.5, 0.6) is 0 Å². The highest BCUT2D eigenvalue weighted by atomic mass is 15.2. The van der Waals surface area contributed by atoms with Crippen molar-refractivity contribution in [3.8, 4) is 11.1 Å². The third-order valence-electron chi connectivity index (χ3n) is 13.5. The Hall–Kier alpha value is -8.20. The minimum atomic E-state index is -0.537. The van der Waals surface area contributed by atoms with E-state index in [1.165, 1.54) is 55.7 Å². The Morgan fingerprint density at radius 3 is 1.75 bits per heavy atom. The number of benzene rings is 6. The van der Waals surface area contributed by atoms with Gasteiger partial charge in [-0.05, 0) is 154 Å². The van der Waals surface area contributed by atoms with E-state index in [9.17, 15) is 0 Å². The van der Waals surface area contributed by atoms with Crippen LogP contribution >= 0.6 is 0 Å². The van der Waals surface area contributed by atoms with E-state index >= 15 is 0 Å². The molecule has 6 aromatic rings. The molecule has 0 radical (unpaired) electrons. The normalized spacial score (nSPS) is 18.3. The van der Waals surface area contributed by atoms with Crippen molar-refractivity contribution < 1.29 is 0 Å². The molecule has 2 heteroatoms. The number of rotatable bonds is 10. The van der Waals surface area contributed by atoms with Gasteiger partial charge in [-0.1, -0.05) is 194 Å². The maximum atomic E-state index is 2.43. The highest BCUT2D eigenvalue weighted by Gasteiger charge is 2.49. The number of para-hydroxylation sites is 1. The molecule has 6 aromatic carbocycles. The molecule has 67 heavy (non-hydrogen) atoms. The van der Waals surface area contributed by atoms with Crippen LogP contribution in [-0.2, 0) is 5.41 Å². The van der Waals surface area contributed by atoms with Crippen molar-refractivity contribution in [1.82, 2.24) is 0 Å². The topological polar surface area (TPSA) is 6.48 Å². The van der Waals surface area contributed by atoms with Gasteiger partial charge in [0.05, 0.1) is 5.41 Å². The van der Waals surface area contributed by atoms with Gasteiger partial charge in [-0.3, -0.25) is 0 Å². The Morgan fingerprint density at radius 2 is 0.955 bits per heavy atom. The fourth-order valence-electron chi connectivity index (χ4n) is 10.4. The lowest BCUT2D eigenvalue weighted by atomic mass is 9.66. The zero-order chi connectivity index (χ0) is 44.8. The van der Waals surface area contributed by atoms with Gasteiger partial charge in [0.1, 0.15) is 0 Å². The summed E-state index contributed by atoms with van der Waals surface area (Å²) in [5.41, 5.74) is 19.0. The largest absolute Gasteiger partial charge is 0.311 e. The van der Waals surface area contributed by atoms with Gasteiger partial charge < -0.3 is 9.80 Å². The molecule has 0 heterocycles. The number of fused-ring (bicyclic) bond motifs is 3. The van der Waals surface area contributed by atoms with Crippen LogP contribution in [0.3, 0.4) is 0 Å². The molecule has 0 bridgehead atoms. The molecule has 0 saturated carbocycles. The van der Waals surface area contributed by atoms with Crippen molar-refractivity contribution in [1.29, 1.82) is 0 Å². The van der Waals surface area contributed by atoms with Crippen molar-refractivity contribution >= 4 is 28.2 Å². The molecule has 322 valence electrons. The summed E-state index contributed by atoms with van der Waals surface area (Å²) in [6.07, 6.45) is 42.5. The second-order valence-corrected chi connectivity index (χ2v) is 17.4. The fourth-order valence-corrected chi connectivity index (χ4v) is 10.4. The molecule has 0 amide bonds. The van der Waals surface area contributed by atoms with Gasteiger partial charge in [0, 0.05) is 34.2 Å². The van der Waals surface area contributed by atoms with Crippen molar-refractivity contribution in [3.05, 3.63) is 318 Å². The van der Waals surface area contributed by atoms with E-state index in [1.807, 2.05) is 0 Å². The first kappa shape index (κ1) is 41.5. The number of anilines is 3. The van der Waals surface area contributed by atoms with E-state index in [0.29, 0.717) is 0 Å². The van der Waals surface area contributed by atoms with E-state index in [-0.39, 0.29) is 0 Å². The summed E-state index contributed by atoms with van der Waals surface area (Å²) in [7, 11) is 0. The van der Waals surface area contributed by atoms with Gasteiger partial charge >= 0.3 is 0 Å². The maximum absolute atomic E-state index is 2.43. The summed E-state index contributed by atoms with van der Waals surface area (Å²) < 4.78 is 0. The van der Waals surface area contributed by atoms with E-state index < -0.39 is 5.41 Å². The summed E-state index contributed by atoms with van der Waals surface area (Å²) >= 11 is 0. The Bertz CT molecular complexity index is 3180. The Labute approximate surface area is 396 Å². The van der Waals surface area contributed by atoms with Crippen molar-refractivity contribution in [2.24, 2.45) is 0 Å². The quantitative estimate of drug-likeness (QED) is 0.135. The minimum Gasteiger partial charge on any atom is -0.311 e. The maximum Gasteiger partial charge on any atom is 0.0679 e. The van der Waals surface area contributed by atoms with Crippen LogP contribution in [0.4, 0.5) is 17.1 Å². The van der Waals surface area contributed by atoms with Gasteiger partial charge in [-0.25, -0.2) is 0 Å². The van der Waals surface area contributed by atoms with E-state index in [4.69, 9.17) is 0 Å². The molecular formula is C65H52N2. The summed E-state index contributed by atoms with van der Waals surface area (Å²) in [5.74, 6) is 0. The van der Waals surface area contributed by atoms with Gasteiger partial charge in [-0.15, -0.1) is 0 Å². The van der Waals surface area contributed by atoms with Crippen LogP contribution < -0.4 is 9.80 Å². The predicted molar refractivity (Wildman–Crippen MR) is 284 cm³/mol. The lowest BCUT2D eigenvalue weighted by Crippen LogP contribution is -2.30. The summed E-state index contributed by atoms with van der Waals surface area (Å²) in [5, 5.41) is 0. The first-order valence-electron chi connectivity index (χ1n) is 23.6. The number of hydrogen-bond acceptors (Lipinski definition) is 2. The van der Waals surface area contributed by atoms with Crippen LogP contribution in [0.25, 0.3) is 22.3 Å². The lowest BCUT2D eigenvalue weighted by molar-refractivity contribution is 0.727. The molecule has 0 spiro atoms. The monoisotopic (exact) mass is 860 g/mol. The molecule has 11 rings (SSSR count). The van der Waals surface area contributed by atoms with Gasteiger partial charge in [0.15, 0.2) is 0 Å². The Balaban J connectivity index is 1.04. The zero-order valence-electron chi connectivity index (χ0n) is 37.6. The summed E-state index contributed by atoms with van der Waals surface area (Å²) in [6, 6.07) is 59.6. The van der Waals surface area contributed by atoms with Gasteiger partial charge in [0.2, 0.25) is 0 Å². The molecule has 0 saturated heterocycles. The zero-order valence-corrected chi connectivity index (χ0v) is 37.6. The second-order valence-electron chi connectivity index (χ2n) is 17.4. The molecule has 2 nitrogen and oxygen atoms in total. The summed E-state index contributed by atoms with van der Waals surface area (Å²) in [4.78, 5) is 4.78. The molecule has 0 fully saturated rings. The summed E-state index contributed by atoms with van der Waals surface area (Å²) in [6.45, 7) is 0. The molecule has 1 unspecified atom stereocenters. The van der Waals surface area contributed by atoms with Crippen LogP contribution in [0, 0.1) is 0 Å². The molecular weight excluding hydrogens is 809 g/mol. The van der Waals surface area contributed by atoms with Crippen molar-refractivity contribution in [3.63, 3.8) is 0 Å². The third-order valence-corrected chi connectivity index (χ3v) is 13.5. The molecule has 0 aliphatic heterocycles. The number of nitrogens with zero attached hydrogens (tertiary/aromatic N) is 2. The van der Waals surface area contributed by atoms with Gasteiger partial charge in [-0.2, -0.15) is 0 Å². The smallest absolute Gasteiger partial charge is 0.0679 e. The van der Waals surface area contributed by atoms with E-state index in [1.54, 1.807) is 0 Å². The molecule has 5 aliphatic rings. The molecule has 1 atom stereocenters. The van der Waals surface area contributed by atoms with Gasteiger partial charge in [0.25, 0.3) is 0 Å². The highest BCUT2D eigenvalue weighted by Crippen LogP contribution is 2.59. The van der Waals surface area contributed by atoms with Crippen LogP contribution in [-0.4, -0.2) is 0 Å². The van der Waals surface area contributed by atoms with Crippen molar-refractivity contribution in [2.75, 3.05) is 9.80 Å². The fraction of sp³-hybridized carbons (Fsp3) is 0.0769. The SMILES string of the molecule is C1=CCC=CC(N(C2=CC=C(C3(c4ccc(N(C5=CC=C(c6ccccc6)CC=C5)c5ccccc5)cc4)C4=CC=CCC=C4c4ccccc43)CC=C2)c2ccc(-c3ccccc3)cc2)=C1. The van der Waals surface area contributed by atoms with E-state index in [2.05, 4.69) is 277 Å². The highest BCUT2D eigenvalue weighted by molar-refractivity contribution is 5.95. The van der Waals surface area contributed by atoms with Crippen LogP contribution in [0.2, 0.25) is 0 Å². The van der Waals surface area contributed by atoms with Crippen LogP contribution in [0.15, 0.2) is 295 Å². The Kier molecular flexibility index (Phi) is 11.6. The second kappa shape index (κ2) is 18.7. The molecule has 0 aromatic heterocycles. The lowest BCUT2D eigenvalue weighted by Gasteiger charge is -2.36. The average Bonchev–Trinajstić information content (AvgIpc) is 3.91. The van der Waals surface area contributed by atoms with Crippen LogP contribution in [0.1, 0.15) is 47.9 Å². The minimum absolute atomic E-state index is 0.537. The molecule has 5 aliphatic carbocycles.